The van der Waals surface area contributed by atoms with Gasteiger partial charge in [-0.1, -0.05) is 32.8 Å². The summed E-state index contributed by atoms with van der Waals surface area (Å²) < 4.78 is 10.7. The predicted molar refractivity (Wildman–Crippen MR) is 102 cm³/mol. The summed E-state index contributed by atoms with van der Waals surface area (Å²) in [6, 6.07) is 5.45. The van der Waals surface area contributed by atoms with E-state index in [0.29, 0.717) is 18.4 Å². The number of imide groups is 1. The summed E-state index contributed by atoms with van der Waals surface area (Å²) in [5, 5.41) is 5.41. The summed E-state index contributed by atoms with van der Waals surface area (Å²) in [5.41, 5.74) is 1.02. The highest BCUT2D eigenvalue weighted by atomic mass is 16.7. The maximum Gasteiger partial charge on any atom is 0.321 e. The van der Waals surface area contributed by atoms with Gasteiger partial charge in [-0.3, -0.25) is 15.0 Å². The molecule has 3 rings (SSSR count). The van der Waals surface area contributed by atoms with Crippen LogP contribution in [0.4, 0.5) is 4.79 Å². The molecule has 7 heteroatoms. The molecule has 1 heterocycles. The topological polar surface area (TPSA) is 79.9 Å². The fourth-order valence-electron chi connectivity index (χ4n) is 3.81. The van der Waals surface area contributed by atoms with Crippen molar-refractivity contribution in [3.05, 3.63) is 23.8 Å². The third-order valence-corrected chi connectivity index (χ3v) is 5.58. The van der Waals surface area contributed by atoms with E-state index in [1.807, 2.05) is 30.1 Å². The Labute approximate surface area is 160 Å². The maximum absolute atomic E-state index is 12.2. The monoisotopic (exact) mass is 375 g/mol. The number of urea groups is 1. The highest BCUT2D eigenvalue weighted by molar-refractivity contribution is 5.95. The fraction of sp³-hybridized carbons (Fsp3) is 0.600. The molecule has 2 aliphatic rings. The molecular weight excluding hydrogens is 346 g/mol. The summed E-state index contributed by atoms with van der Waals surface area (Å²) in [5.74, 6) is 2.16. The summed E-state index contributed by atoms with van der Waals surface area (Å²) in [6.45, 7) is 5.33. The highest BCUT2D eigenvalue weighted by Crippen LogP contribution is 2.32. The molecule has 1 aromatic carbocycles. The molecule has 7 nitrogen and oxygen atoms in total. The lowest BCUT2D eigenvalue weighted by atomic mass is 9.78. The van der Waals surface area contributed by atoms with Crippen molar-refractivity contribution in [1.82, 2.24) is 15.5 Å². The van der Waals surface area contributed by atoms with Crippen LogP contribution in [-0.4, -0.2) is 43.3 Å². The van der Waals surface area contributed by atoms with Gasteiger partial charge >= 0.3 is 6.03 Å². The largest absolute Gasteiger partial charge is 0.454 e. The third kappa shape index (κ3) is 5.13. The number of nitrogens with zero attached hydrogens (tertiary/aromatic N) is 1. The second-order valence-corrected chi connectivity index (χ2v) is 7.76. The zero-order chi connectivity index (χ0) is 19.4. The molecule has 2 N–H and O–H groups in total. The van der Waals surface area contributed by atoms with Gasteiger partial charge in [0.25, 0.3) is 0 Å². The highest BCUT2D eigenvalue weighted by Gasteiger charge is 2.28. The summed E-state index contributed by atoms with van der Waals surface area (Å²) >= 11 is 0. The van der Waals surface area contributed by atoms with Crippen LogP contribution in [0.3, 0.4) is 0 Å². The predicted octanol–water partition coefficient (Wildman–Crippen LogP) is 2.50. The first-order valence-electron chi connectivity index (χ1n) is 9.60. The molecule has 1 aliphatic heterocycles. The first-order valence-corrected chi connectivity index (χ1v) is 9.60. The molecule has 3 amide bonds. The molecule has 0 aromatic heterocycles. The summed E-state index contributed by atoms with van der Waals surface area (Å²) in [7, 11) is 1.84. The molecular formula is C20H29N3O4. The van der Waals surface area contributed by atoms with Crippen LogP contribution < -0.4 is 20.1 Å². The smallest absolute Gasteiger partial charge is 0.321 e. The van der Waals surface area contributed by atoms with Crippen molar-refractivity contribution in [1.29, 1.82) is 0 Å². The Bertz CT molecular complexity index is 694. The van der Waals surface area contributed by atoms with E-state index in [9.17, 15) is 9.59 Å². The molecule has 0 saturated heterocycles. The number of nitrogens with one attached hydrogen (secondary N) is 2. The van der Waals surface area contributed by atoms with Gasteiger partial charge in [-0.2, -0.15) is 0 Å². The van der Waals surface area contributed by atoms with E-state index in [0.717, 1.165) is 29.9 Å². The van der Waals surface area contributed by atoms with Crippen LogP contribution >= 0.6 is 0 Å². The lowest BCUT2D eigenvalue weighted by Gasteiger charge is -2.34. The average molecular weight is 375 g/mol. The van der Waals surface area contributed by atoms with E-state index in [4.69, 9.17) is 9.47 Å². The number of carbonyl (C=O) groups is 2. The van der Waals surface area contributed by atoms with Gasteiger partial charge in [-0.05, 0) is 43.0 Å². The van der Waals surface area contributed by atoms with Crippen molar-refractivity contribution in [2.75, 3.05) is 20.4 Å². The summed E-state index contributed by atoms with van der Waals surface area (Å²) in [6.07, 6.45) is 3.28. The van der Waals surface area contributed by atoms with Crippen molar-refractivity contribution >= 4 is 11.9 Å². The lowest BCUT2D eigenvalue weighted by Crippen LogP contribution is -2.50. The van der Waals surface area contributed by atoms with Crippen LogP contribution in [0.15, 0.2) is 18.2 Å². The number of carbonyl (C=O) groups excluding carboxylic acids is 2. The molecule has 0 unspecified atom stereocenters. The molecule has 0 radical (unpaired) electrons. The van der Waals surface area contributed by atoms with Crippen LogP contribution in [0.1, 0.15) is 38.7 Å². The number of ether oxygens (including phenoxy) is 2. The Hall–Kier alpha value is -2.28. The van der Waals surface area contributed by atoms with Gasteiger partial charge in [0.2, 0.25) is 12.7 Å². The van der Waals surface area contributed by atoms with Crippen molar-refractivity contribution in [3.63, 3.8) is 0 Å². The molecule has 1 aliphatic carbocycles. The van der Waals surface area contributed by atoms with Crippen LogP contribution in [-0.2, 0) is 11.3 Å². The summed E-state index contributed by atoms with van der Waals surface area (Å²) in [4.78, 5) is 26.2. The molecule has 1 saturated carbocycles. The van der Waals surface area contributed by atoms with Gasteiger partial charge in [-0.15, -0.1) is 0 Å². The van der Waals surface area contributed by atoms with Crippen LogP contribution in [0.5, 0.6) is 11.5 Å². The zero-order valence-electron chi connectivity index (χ0n) is 16.3. The number of benzene rings is 1. The first-order chi connectivity index (χ1) is 12.9. The van der Waals surface area contributed by atoms with Gasteiger partial charge in [0.15, 0.2) is 11.5 Å². The maximum atomic E-state index is 12.2. The van der Waals surface area contributed by atoms with E-state index in [2.05, 4.69) is 24.5 Å². The number of fused-ring (bicyclic) bond motifs is 1. The Balaban J connectivity index is 1.43. The average Bonchev–Trinajstić information content (AvgIpc) is 3.06. The molecule has 0 bridgehead atoms. The first kappa shape index (κ1) is 19.5. The van der Waals surface area contributed by atoms with E-state index < -0.39 is 6.03 Å². The molecule has 1 fully saturated rings. The van der Waals surface area contributed by atoms with Gasteiger partial charge in [0.1, 0.15) is 0 Å². The molecule has 3 atom stereocenters. The Morgan fingerprint density at radius 1 is 1.19 bits per heavy atom. The second-order valence-electron chi connectivity index (χ2n) is 7.76. The molecule has 0 spiro atoms. The Kier molecular flexibility index (Phi) is 6.21. The van der Waals surface area contributed by atoms with Crippen LogP contribution in [0.2, 0.25) is 0 Å². The minimum absolute atomic E-state index is 0.132. The normalized spacial score (nSPS) is 23.9. The Morgan fingerprint density at radius 3 is 2.78 bits per heavy atom. The van der Waals surface area contributed by atoms with E-state index >= 15 is 0 Å². The molecule has 27 heavy (non-hydrogen) atoms. The number of likely N-dealkylation sites (N-methyl/N-ethyl adjacent to an activating group) is 1. The van der Waals surface area contributed by atoms with E-state index in [-0.39, 0.29) is 25.3 Å². The number of amides is 3. The van der Waals surface area contributed by atoms with Crippen molar-refractivity contribution in [2.45, 2.75) is 45.7 Å². The minimum Gasteiger partial charge on any atom is -0.454 e. The van der Waals surface area contributed by atoms with Gasteiger partial charge in [0, 0.05) is 12.6 Å². The van der Waals surface area contributed by atoms with E-state index in [1.54, 1.807) is 0 Å². The van der Waals surface area contributed by atoms with Crippen molar-refractivity contribution in [2.24, 2.45) is 11.8 Å². The Morgan fingerprint density at radius 2 is 1.96 bits per heavy atom. The molecule has 1 aromatic rings. The number of rotatable bonds is 5. The fourth-order valence-corrected chi connectivity index (χ4v) is 3.81. The SMILES string of the molecule is C[C@@H]1[C@H](C)CCC[C@H]1NC(=O)NC(=O)CN(C)Cc1ccc2c(c1)OCO2. The quantitative estimate of drug-likeness (QED) is 0.827. The van der Waals surface area contributed by atoms with Crippen LogP contribution in [0, 0.1) is 11.8 Å². The van der Waals surface area contributed by atoms with Crippen LogP contribution in [0.25, 0.3) is 0 Å². The van der Waals surface area contributed by atoms with Crippen molar-refractivity contribution in [3.8, 4) is 11.5 Å². The second kappa shape index (κ2) is 8.61. The number of hydrogen-bond acceptors (Lipinski definition) is 5. The standard InChI is InChI=1S/C20H29N3O4/c1-13-5-4-6-16(14(13)2)21-20(25)22-19(24)11-23(3)10-15-7-8-17-18(9-15)27-12-26-17/h7-9,13-14,16H,4-6,10-12H2,1-3H3,(H2,21,22,24,25)/t13-,14-,16-/m1/s1. The lowest BCUT2D eigenvalue weighted by molar-refractivity contribution is -0.121. The zero-order valence-corrected chi connectivity index (χ0v) is 16.3. The van der Waals surface area contributed by atoms with Gasteiger partial charge in [-0.25, -0.2) is 4.79 Å². The third-order valence-electron chi connectivity index (χ3n) is 5.58. The van der Waals surface area contributed by atoms with E-state index in [1.165, 1.54) is 6.42 Å². The van der Waals surface area contributed by atoms with Gasteiger partial charge < -0.3 is 14.8 Å². The molecule has 148 valence electrons. The van der Waals surface area contributed by atoms with Gasteiger partial charge in [0.05, 0.1) is 6.54 Å². The number of hydrogen-bond donors (Lipinski definition) is 2. The van der Waals surface area contributed by atoms with Crippen molar-refractivity contribution < 1.29 is 19.1 Å². The minimum atomic E-state index is -0.401.